The molecule has 4 heteroatoms. The Labute approximate surface area is 187 Å². The molecule has 0 saturated carbocycles. The molecule has 4 aromatic rings. The zero-order chi connectivity index (χ0) is 22.0. The van der Waals surface area contributed by atoms with Crippen molar-refractivity contribution in [3.05, 3.63) is 137 Å². The molecule has 1 aliphatic rings. The first-order valence-electron chi connectivity index (χ1n) is 10.6. The molecule has 32 heavy (non-hydrogen) atoms. The summed E-state index contributed by atoms with van der Waals surface area (Å²) in [6.07, 6.45) is 0.699. The lowest BCUT2D eigenvalue weighted by atomic mass is 9.93. The van der Waals surface area contributed by atoms with E-state index in [0.717, 1.165) is 28.0 Å². The third kappa shape index (κ3) is 3.35. The summed E-state index contributed by atoms with van der Waals surface area (Å²) >= 11 is 0. The van der Waals surface area contributed by atoms with Crippen molar-refractivity contribution >= 4 is 12.0 Å². The van der Waals surface area contributed by atoms with Gasteiger partial charge in [-0.15, -0.1) is 0 Å². The second-order valence-electron chi connectivity index (χ2n) is 7.78. The molecule has 1 aromatic heterocycles. The first kappa shape index (κ1) is 20.0. The van der Waals surface area contributed by atoms with E-state index in [4.69, 9.17) is 9.15 Å². The van der Waals surface area contributed by atoms with Crippen molar-refractivity contribution in [3.63, 3.8) is 0 Å². The first-order chi connectivity index (χ1) is 15.7. The lowest BCUT2D eigenvalue weighted by molar-refractivity contribution is -0.119. The first-order valence-corrected chi connectivity index (χ1v) is 10.6. The van der Waals surface area contributed by atoms with Crippen molar-refractivity contribution in [3.8, 4) is 0 Å². The number of furan rings is 1. The number of hydrogen-bond donors (Lipinski definition) is 0. The lowest BCUT2D eigenvalue weighted by Gasteiger charge is -2.41. The van der Waals surface area contributed by atoms with Gasteiger partial charge in [0.1, 0.15) is 12.4 Å². The van der Waals surface area contributed by atoms with E-state index in [-0.39, 0.29) is 12.4 Å². The van der Waals surface area contributed by atoms with Crippen LogP contribution >= 0.6 is 0 Å². The van der Waals surface area contributed by atoms with Crippen molar-refractivity contribution in [1.29, 1.82) is 0 Å². The SMILES string of the molecule is C=C1c2ccccc2C(OCc2ccc(C=O)o2)(c2ccccc2)N1Cc1ccccc1. The fourth-order valence-corrected chi connectivity index (χ4v) is 4.41. The molecule has 4 nitrogen and oxygen atoms in total. The standard InChI is InChI=1S/C28H23NO3/c1-21-26-14-8-9-15-27(26)28(23-12-6-3-7-13-23,29(21)18-22-10-4-2-5-11-22)31-20-25-17-16-24(19-30)32-25/h2-17,19H,1,18,20H2. The predicted octanol–water partition coefficient (Wildman–Crippen LogP) is 6.00. The molecule has 1 aliphatic heterocycles. The number of fused-ring (bicyclic) bond motifs is 1. The van der Waals surface area contributed by atoms with Gasteiger partial charge >= 0.3 is 0 Å². The maximum absolute atomic E-state index is 11.1. The fourth-order valence-electron chi connectivity index (χ4n) is 4.41. The molecule has 0 aliphatic carbocycles. The van der Waals surface area contributed by atoms with E-state index in [1.165, 1.54) is 0 Å². The zero-order valence-corrected chi connectivity index (χ0v) is 17.6. The molecule has 0 fully saturated rings. The minimum absolute atomic E-state index is 0.204. The van der Waals surface area contributed by atoms with E-state index in [1.54, 1.807) is 12.1 Å². The summed E-state index contributed by atoms with van der Waals surface area (Å²) in [7, 11) is 0. The molecular weight excluding hydrogens is 398 g/mol. The number of ether oxygens (including phenoxy) is 1. The van der Waals surface area contributed by atoms with Crippen molar-refractivity contribution in [1.82, 2.24) is 4.90 Å². The summed E-state index contributed by atoms with van der Waals surface area (Å²) in [4.78, 5) is 13.3. The summed E-state index contributed by atoms with van der Waals surface area (Å²) in [5, 5.41) is 0. The second-order valence-corrected chi connectivity index (χ2v) is 7.78. The van der Waals surface area contributed by atoms with E-state index in [2.05, 4.69) is 47.9 Å². The highest BCUT2D eigenvalue weighted by atomic mass is 16.5. The molecule has 0 radical (unpaired) electrons. The van der Waals surface area contributed by atoms with Crippen LogP contribution in [0.25, 0.3) is 5.70 Å². The molecule has 2 heterocycles. The van der Waals surface area contributed by atoms with E-state index in [1.807, 2.05) is 48.5 Å². The molecule has 0 spiro atoms. The number of rotatable bonds is 7. The van der Waals surface area contributed by atoms with Crippen LogP contribution in [0.5, 0.6) is 0 Å². The van der Waals surface area contributed by atoms with Crippen LogP contribution in [0.15, 0.2) is 108 Å². The van der Waals surface area contributed by atoms with Crippen LogP contribution in [0.2, 0.25) is 0 Å². The predicted molar refractivity (Wildman–Crippen MR) is 124 cm³/mol. The number of carbonyl (C=O) groups is 1. The highest BCUT2D eigenvalue weighted by Gasteiger charge is 2.49. The van der Waals surface area contributed by atoms with Gasteiger partial charge in [-0.1, -0.05) is 91.5 Å². The fraction of sp³-hybridized carbons (Fsp3) is 0.107. The molecule has 0 N–H and O–H groups in total. The molecule has 1 atom stereocenters. The summed E-state index contributed by atoms with van der Waals surface area (Å²) in [6.45, 7) is 5.27. The highest BCUT2D eigenvalue weighted by molar-refractivity contribution is 5.73. The maximum atomic E-state index is 11.1. The van der Waals surface area contributed by atoms with Crippen LogP contribution in [0.4, 0.5) is 0 Å². The van der Waals surface area contributed by atoms with Crippen LogP contribution in [0.3, 0.4) is 0 Å². The van der Waals surface area contributed by atoms with Gasteiger partial charge in [-0.25, -0.2) is 0 Å². The van der Waals surface area contributed by atoms with Gasteiger partial charge in [0.25, 0.3) is 0 Å². The van der Waals surface area contributed by atoms with Crippen LogP contribution in [0.1, 0.15) is 38.6 Å². The van der Waals surface area contributed by atoms with E-state index < -0.39 is 5.72 Å². The number of aldehydes is 1. The Balaban J connectivity index is 1.65. The number of benzene rings is 3. The quantitative estimate of drug-likeness (QED) is 0.344. The van der Waals surface area contributed by atoms with Gasteiger partial charge in [0.15, 0.2) is 17.8 Å². The van der Waals surface area contributed by atoms with Gasteiger partial charge in [0.05, 0.1) is 0 Å². The molecule has 0 bridgehead atoms. The van der Waals surface area contributed by atoms with Crippen LogP contribution in [-0.4, -0.2) is 11.2 Å². The minimum atomic E-state index is -0.890. The van der Waals surface area contributed by atoms with Gasteiger partial charge in [-0.05, 0) is 17.7 Å². The van der Waals surface area contributed by atoms with Crippen molar-refractivity contribution in [2.75, 3.05) is 0 Å². The zero-order valence-electron chi connectivity index (χ0n) is 17.6. The molecule has 0 saturated heterocycles. The molecular formula is C28H23NO3. The normalized spacial score (nSPS) is 17.4. The minimum Gasteiger partial charge on any atom is -0.456 e. The Hall–Kier alpha value is -3.89. The molecule has 158 valence electrons. The van der Waals surface area contributed by atoms with Crippen molar-refractivity contribution in [2.24, 2.45) is 0 Å². The van der Waals surface area contributed by atoms with E-state index in [0.29, 0.717) is 18.6 Å². The molecule has 0 amide bonds. The van der Waals surface area contributed by atoms with Gasteiger partial charge in [-0.2, -0.15) is 0 Å². The maximum Gasteiger partial charge on any atom is 0.195 e. The molecule has 5 rings (SSSR count). The molecule has 3 aromatic carbocycles. The third-order valence-corrected chi connectivity index (χ3v) is 5.88. The Kier molecular flexibility index (Phi) is 5.21. The Bertz CT molecular complexity index is 1250. The Morgan fingerprint density at radius 1 is 0.875 bits per heavy atom. The lowest BCUT2D eigenvalue weighted by Crippen LogP contribution is -2.43. The van der Waals surface area contributed by atoms with Crippen LogP contribution in [-0.2, 0) is 23.6 Å². The largest absolute Gasteiger partial charge is 0.456 e. The summed E-state index contributed by atoms with van der Waals surface area (Å²) in [5.41, 5.74) is 4.27. The Morgan fingerprint density at radius 3 is 2.28 bits per heavy atom. The summed E-state index contributed by atoms with van der Waals surface area (Å²) < 4.78 is 12.4. The third-order valence-electron chi connectivity index (χ3n) is 5.88. The van der Waals surface area contributed by atoms with Crippen LogP contribution in [0, 0.1) is 0 Å². The van der Waals surface area contributed by atoms with Crippen molar-refractivity contribution in [2.45, 2.75) is 18.9 Å². The smallest absolute Gasteiger partial charge is 0.195 e. The topological polar surface area (TPSA) is 42.7 Å². The highest BCUT2D eigenvalue weighted by Crippen LogP contribution is 2.51. The van der Waals surface area contributed by atoms with Gasteiger partial charge in [0, 0.05) is 28.9 Å². The Morgan fingerprint density at radius 2 is 1.56 bits per heavy atom. The monoisotopic (exact) mass is 421 g/mol. The van der Waals surface area contributed by atoms with Gasteiger partial charge in [-0.3, -0.25) is 4.79 Å². The number of hydrogen-bond acceptors (Lipinski definition) is 4. The number of nitrogens with zero attached hydrogens (tertiary/aromatic N) is 1. The van der Waals surface area contributed by atoms with E-state index in [9.17, 15) is 4.79 Å². The summed E-state index contributed by atoms with van der Waals surface area (Å²) in [6, 6.07) is 32.1. The van der Waals surface area contributed by atoms with E-state index >= 15 is 0 Å². The average molecular weight is 421 g/mol. The second kappa shape index (κ2) is 8.33. The van der Waals surface area contributed by atoms with Crippen LogP contribution < -0.4 is 0 Å². The molecule has 1 unspecified atom stereocenters. The van der Waals surface area contributed by atoms with Gasteiger partial charge < -0.3 is 14.1 Å². The van der Waals surface area contributed by atoms with Crippen molar-refractivity contribution < 1.29 is 13.9 Å². The average Bonchev–Trinajstić information content (AvgIpc) is 3.41. The summed E-state index contributed by atoms with van der Waals surface area (Å²) in [5.74, 6) is 0.881. The van der Waals surface area contributed by atoms with Gasteiger partial charge in [0.2, 0.25) is 0 Å². The number of carbonyl (C=O) groups excluding carboxylic acids is 1.